The van der Waals surface area contributed by atoms with Crippen molar-refractivity contribution < 1.29 is 14.3 Å². The highest BCUT2D eigenvalue weighted by Crippen LogP contribution is 2.27. The molecular weight excluding hydrogens is 410 g/mol. The number of benzene rings is 1. The normalized spacial score (nSPS) is 15.6. The Hall–Kier alpha value is -3.95. The molecule has 0 saturated carbocycles. The van der Waals surface area contributed by atoms with Gasteiger partial charge in [0.15, 0.2) is 5.82 Å². The fourth-order valence-electron chi connectivity index (χ4n) is 3.60. The molecule has 2 aromatic heterocycles. The minimum Gasteiger partial charge on any atom is -0.497 e. The van der Waals surface area contributed by atoms with Gasteiger partial charge in [0.2, 0.25) is 11.8 Å². The molecule has 10 nitrogen and oxygen atoms in total. The van der Waals surface area contributed by atoms with Crippen LogP contribution in [-0.4, -0.2) is 58.3 Å². The summed E-state index contributed by atoms with van der Waals surface area (Å²) in [5, 5.41) is 10.3. The first-order valence-corrected chi connectivity index (χ1v) is 10.3. The Morgan fingerprint density at radius 1 is 1.22 bits per heavy atom. The first kappa shape index (κ1) is 21.3. The fourth-order valence-corrected chi connectivity index (χ4v) is 3.60. The average molecular weight is 435 g/mol. The predicted molar refractivity (Wildman–Crippen MR) is 119 cm³/mol. The summed E-state index contributed by atoms with van der Waals surface area (Å²) in [6.07, 6.45) is 3.68. The molecule has 32 heavy (non-hydrogen) atoms. The Morgan fingerprint density at radius 3 is 2.88 bits per heavy atom. The minimum absolute atomic E-state index is 0.0702. The molecule has 0 radical (unpaired) electrons. The monoisotopic (exact) mass is 435 g/mol. The summed E-state index contributed by atoms with van der Waals surface area (Å²) in [6.45, 7) is 3.05. The number of amides is 2. The zero-order chi connectivity index (χ0) is 22.5. The molecule has 2 N–H and O–H groups in total. The van der Waals surface area contributed by atoms with Crippen molar-refractivity contribution in [2.75, 3.05) is 37.0 Å². The Bertz CT molecular complexity index is 1100. The lowest BCUT2D eigenvalue weighted by molar-refractivity contribution is -0.126. The van der Waals surface area contributed by atoms with Gasteiger partial charge in [-0.2, -0.15) is 5.10 Å². The largest absolute Gasteiger partial charge is 0.497 e. The van der Waals surface area contributed by atoms with E-state index in [-0.39, 0.29) is 24.2 Å². The van der Waals surface area contributed by atoms with Gasteiger partial charge in [0.25, 0.3) is 0 Å². The van der Waals surface area contributed by atoms with Crippen molar-refractivity contribution in [3.8, 4) is 11.6 Å². The molecule has 1 atom stereocenters. The molecule has 0 aliphatic carbocycles. The van der Waals surface area contributed by atoms with Gasteiger partial charge in [0.05, 0.1) is 13.0 Å². The smallest absolute Gasteiger partial charge is 0.227 e. The van der Waals surface area contributed by atoms with Gasteiger partial charge in [-0.3, -0.25) is 9.59 Å². The topological polar surface area (TPSA) is 114 Å². The van der Waals surface area contributed by atoms with E-state index in [0.717, 1.165) is 5.69 Å². The molecule has 1 aliphatic heterocycles. The van der Waals surface area contributed by atoms with Gasteiger partial charge in [0, 0.05) is 56.3 Å². The Morgan fingerprint density at radius 2 is 2.09 bits per heavy atom. The van der Waals surface area contributed by atoms with Gasteiger partial charge in [-0.25, -0.2) is 14.6 Å². The third-order valence-electron chi connectivity index (χ3n) is 5.15. The molecule has 1 fully saturated rings. The minimum atomic E-state index is -0.388. The highest BCUT2D eigenvalue weighted by molar-refractivity contribution is 6.00. The zero-order valence-electron chi connectivity index (χ0n) is 18.0. The SMILES string of the molecule is COc1cccc(N2C[C@@H](C(=O)NCCNc3cc(-n4cccn4)nc(C)n3)CC2=O)c1. The Labute approximate surface area is 185 Å². The van der Waals surface area contributed by atoms with Gasteiger partial charge < -0.3 is 20.3 Å². The second-order valence-corrected chi connectivity index (χ2v) is 7.43. The molecular formula is C22H25N7O3. The first-order valence-electron chi connectivity index (χ1n) is 10.3. The number of ether oxygens (including phenoxy) is 1. The van der Waals surface area contributed by atoms with E-state index < -0.39 is 0 Å². The molecule has 166 valence electrons. The fraction of sp³-hybridized carbons (Fsp3) is 0.318. The lowest BCUT2D eigenvalue weighted by Gasteiger charge is -2.17. The van der Waals surface area contributed by atoms with Crippen LogP contribution in [0.3, 0.4) is 0 Å². The number of nitrogens with zero attached hydrogens (tertiary/aromatic N) is 5. The number of hydrogen-bond donors (Lipinski definition) is 2. The van der Waals surface area contributed by atoms with Crippen LogP contribution in [0.4, 0.5) is 11.5 Å². The van der Waals surface area contributed by atoms with Crippen molar-refractivity contribution >= 4 is 23.3 Å². The number of anilines is 2. The number of aryl methyl sites for hydroxylation is 1. The molecule has 10 heteroatoms. The van der Waals surface area contributed by atoms with Crippen LogP contribution in [0, 0.1) is 12.8 Å². The van der Waals surface area contributed by atoms with Gasteiger partial charge in [-0.1, -0.05) is 6.07 Å². The van der Waals surface area contributed by atoms with E-state index in [1.807, 2.05) is 37.4 Å². The van der Waals surface area contributed by atoms with Crippen molar-refractivity contribution in [3.05, 3.63) is 54.6 Å². The summed E-state index contributed by atoms with van der Waals surface area (Å²) >= 11 is 0. The van der Waals surface area contributed by atoms with Crippen molar-refractivity contribution in [2.45, 2.75) is 13.3 Å². The maximum Gasteiger partial charge on any atom is 0.227 e. The van der Waals surface area contributed by atoms with Crippen LogP contribution >= 0.6 is 0 Å². The third-order valence-corrected chi connectivity index (χ3v) is 5.15. The molecule has 1 aromatic carbocycles. The van der Waals surface area contributed by atoms with Crippen LogP contribution < -0.4 is 20.3 Å². The zero-order valence-corrected chi connectivity index (χ0v) is 18.0. The van der Waals surface area contributed by atoms with E-state index in [2.05, 4.69) is 25.7 Å². The van der Waals surface area contributed by atoms with Crippen molar-refractivity contribution in [1.82, 2.24) is 25.1 Å². The second-order valence-electron chi connectivity index (χ2n) is 7.43. The number of carbonyl (C=O) groups is 2. The van der Waals surface area contributed by atoms with Gasteiger partial charge >= 0.3 is 0 Å². The van der Waals surface area contributed by atoms with E-state index in [4.69, 9.17) is 4.74 Å². The number of carbonyl (C=O) groups excluding carboxylic acids is 2. The maximum atomic E-state index is 12.6. The molecule has 1 aliphatic rings. The van der Waals surface area contributed by atoms with Gasteiger partial charge in [-0.15, -0.1) is 0 Å². The van der Waals surface area contributed by atoms with E-state index in [1.54, 1.807) is 35.0 Å². The van der Waals surface area contributed by atoms with E-state index in [9.17, 15) is 9.59 Å². The van der Waals surface area contributed by atoms with Gasteiger partial charge in [0.1, 0.15) is 17.4 Å². The van der Waals surface area contributed by atoms with Crippen LogP contribution in [-0.2, 0) is 9.59 Å². The lowest BCUT2D eigenvalue weighted by atomic mass is 10.1. The molecule has 0 spiro atoms. The Kier molecular flexibility index (Phi) is 6.29. The van der Waals surface area contributed by atoms with E-state index in [0.29, 0.717) is 42.8 Å². The molecule has 2 amide bonds. The molecule has 3 aromatic rings. The number of methoxy groups -OCH3 is 1. The van der Waals surface area contributed by atoms with Crippen LogP contribution in [0.2, 0.25) is 0 Å². The number of rotatable bonds is 8. The van der Waals surface area contributed by atoms with E-state index >= 15 is 0 Å². The van der Waals surface area contributed by atoms with Crippen LogP contribution in [0.25, 0.3) is 5.82 Å². The van der Waals surface area contributed by atoms with Crippen molar-refractivity contribution in [3.63, 3.8) is 0 Å². The summed E-state index contributed by atoms with van der Waals surface area (Å²) < 4.78 is 6.88. The third kappa shape index (κ3) is 4.85. The molecule has 4 rings (SSSR count). The predicted octanol–water partition coefficient (Wildman–Crippen LogP) is 1.56. The number of nitrogens with one attached hydrogen (secondary N) is 2. The van der Waals surface area contributed by atoms with Gasteiger partial charge in [-0.05, 0) is 25.1 Å². The summed E-state index contributed by atoms with van der Waals surface area (Å²) in [5.41, 5.74) is 0.735. The maximum absolute atomic E-state index is 12.6. The number of hydrogen-bond acceptors (Lipinski definition) is 7. The Balaban J connectivity index is 1.28. The highest BCUT2D eigenvalue weighted by atomic mass is 16.5. The summed E-state index contributed by atoms with van der Waals surface area (Å²) in [4.78, 5) is 35.4. The van der Waals surface area contributed by atoms with E-state index in [1.165, 1.54) is 0 Å². The first-order chi connectivity index (χ1) is 15.5. The molecule has 3 heterocycles. The molecule has 1 saturated heterocycles. The highest BCUT2D eigenvalue weighted by Gasteiger charge is 2.35. The summed E-state index contributed by atoms with van der Waals surface area (Å²) in [5.74, 6) is 2.01. The van der Waals surface area contributed by atoms with Crippen molar-refractivity contribution in [2.24, 2.45) is 5.92 Å². The quantitative estimate of drug-likeness (QED) is 0.516. The van der Waals surface area contributed by atoms with Crippen LogP contribution in [0.5, 0.6) is 5.75 Å². The lowest BCUT2D eigenvalue weighted by Crippen LogP contribution is -2.35. The summed E-state index contributed by atoms with van der Waals surface area (Å²) in [7, 11) is 1.58. The standard InChI is InChI=1S/C22H25N7O3/c1-15-26-19(13-20(27-15)29-10-4-7-25-29)23-8-9-24-22(31)16-11-21(30)28(14-16)17-5-3-6-18(12-17)32-2/h3-7,10,12-13,16H,8-9,11,14H2,1-2H3,(H,24,31)(H,23,26,27)/t16-/m0/s1. The van der Waals surface area contributed by atoms with Crippen molar-refractivity contribution in [1.29, 1.82) is 0 Å². The summed E-state index contributed by atoms with van der Waals surface area (Å²) in [6, 6.07) is 10.9. The molecule has 0 unspecified atom stereocenters. The average Bonchev–Trinajstić information content (AvgIpc) is 3.46. The molecule has 0 bridgehead atoms. The second kappa shape index (κ2) is 9.46. The van der Waals surface area contributed by atoms with Crippen LogP contribution in [0.1, 0.15) is 12.2 Å². The number of aromatic nitrogens is 4. The van der Waals surface area contributed by atoms with Crippen LogP contribution in [0.15, 0.2) is 48.8 Å².